The molecule has 1 atom stereocenters. The number of unbranched alkanes of at least 4 members (excludes halogenated alkanes) is 2. The highest BCUT2D eigenvalue weighted by Gasteiger charge is 2.16. The molecule has 0 radical (unpaired) electrons. The Bertz CT molecular complexity index is 126. The van der Waals surface area contributed by atoms with Gasteiger partial charge in [-0.05, 0) is 19.8 Å². The predicted octanol–water partition coefficient (Wildman–Crippen LogP) is 2.47. The Morgan fingerprint density at radius 3 is 2.58 bits per heavy atom. The van der Waals surface area contributed by atoms with Crippen molar-refractivity contribution in [3.63, 3.8) is 0 Å². The molecular formula is C9H17FO2. The molecule has 0 saturated heterocycles. The molecule has 0 aliphatic carbocycles. The summed E-state index contributed by atoms with van der Waals surface area (Å²) in [5.74, 6) is -0.714. The molecule has 72 valence electrons. The quantitative estimate of drug-likeness (QED) is 0.459. The number of ether oxygens (including phenoxy) is 1. The molecule has 2 nitrogen and oxygen atoms in total. The van der Waals surface area contributed by atoms with Crippen molar-refractivity contribution in [2.75, 3.05) is 6.61 Å². The van der Waals surface area contributed by atoms with Crippen LogP contribution in [0.1, 0.15) is 39.5 Å². The molecule has 3 heteroatoms. The van der Waals surface area contributed by atoms with Crippen molar-refractivity contribution >= 4 is 5.97 Å². The third kappa shape index (κ3) is 5.10. The number of rotatable bonds is 6. The van der Waals surface area contributed by atoms with Crippen LogP contribution in [-0.4, -0.2) is 18.7 Å². The standard InChI is InChI=1S/C9H17FO2/c1-3-5-6-7-8(10)9(11)12-4-2/h8H,3-7H2,1-2H3/t8-/m1/s1. The molecule has 0 saturated carbocycles. The molecule has 12 heavy (non-hydrogen) atoms. The minimum Gasteiger partial charge on any atom is -0.464 e. The van der Waals surface area contributed by atoms with E-state index in [1.807, 2.05) is 6.92 Å². The van der Waals surface area contributed by atoms with Gasteiger partial charge >= 0.3 is 5.97 Å². The Morgan fingerprint density at radius 1 is 1.42 bits per heavy atom. The maximum atomic E-state index is 12.8. The van der Waals surface area contributed by atoms with Crippen molar-refractivity contribution in [1.82, 2.24) is 0 Å². The number of alkyl halides is 1. The fraction of sp³-hybridized carbons (Fsp3) is 0.889. The van der Waals surface area contributed by atoms with Gasteiger partial charge in [0.05, 0.1) is 6.61 Å². The van der Waals surface area contributed by atoms with Crippen LogP contribution in [0.3, 0.4) is 0 Å². The summed E-state index contributed by atoms with van der Waals surface area (Å²) in [5, 5.41) is 0. The normalized spacial score (nSPS) is 12.6. The van der Waals surface area contributed by atoms with E-state index in [1.165, 1.54) is 0 Å². The molecule has 0 bridgehead atoms. The maximum Gasteiger partial charge on any atom is 0.340 e. The Hall–Kier alpha value is -0.600. The highest BCUT2D eigenvalue weighted by molar-refractivity contribution is 5.74. The number of halogens is 1. The van der Waals surface area contributed by atoms with Crippen LogP contribution in [0, 0.1) is 0 Å². The van der Waals surface area contributed by atoms with Crippen LogP contribution in [0.25, 0.3) is 0 Å². The number of hydrogen-bond donors (Lipinski definition) is 0. The first kappa shape index (κ1) is 11.4. The van der Waals surface area contributed by atoms with E-state index in [0.29, 0.717) is 6.42 Å². The van der Waals surface area contributed by atoms with Gasteiger partial charge in [-0.15, -0.1) is 0 Å². The van der Waals surface area contributed by atoms with Crippen LogP contribution in [0.5, 0.6) is 0 Å². The van der Waals surface area contributed by atoms with Gasteiger partial charge in [0.1, 0.15) is 0 Å². The summed E-state index contributed by atoms with van der Waals surface area (Å²) >= 11 is 0. The molecule has 0 aromatic carbocycles. The number of carbonyl (C=O) groups is 1. The van der Waals surface area contributed by atoms with Crippen molar-refractivity contribution in [1.29, 1.82) is 0 Å². The SMILES string of the molecule is CCCCC[C@@H](F)C(=O)OCC. The van der Waals surface area contributed by atoms with Crippen molar-refractivity contribution in [3.8, 4) is 0 Å². The fourth-order valence-electron chi connectivity index (χ4n) is 0.924. The Kier molecular flexibility index (Phi) is 6.72. The molecule has 0 aliphatic heterocycles. The zero-order chi connectivity index (χ0) is 9.40. The van der Waals surface area contributed by atoms with Crippen LogP contribution in [-0.2, 0) is 9.53 Å². The highest BCUT2D eigenvalue weighted by atomic mass is 19.1. The second kappa shape index (κ2) is 7.07. The Balaban J connectivity index is 3.42. The lowest BCUT2D eigenvalue weighted by atomic mass is 10.1. The van der Waals surface area contributed by atoms with Crippen LogP contribution in [0.15, 0.2) is 0 Å². The van der Waals surface area contributed by atoms with Crippen molar-refractivity contribution < 1.29 is 13.9 Å². The Labute approximate surface area is 73.1 Å². The summed E-state index contributed by atoms with van der Waals surface area (Å²) in [6, 6.07) is 0. The molecule has 0 N–H and O–H groups in total. The topological polar surface area (TPSA) is 26.3 Å². The summed E-state index contributed by atoms with van der Waals surface area (Å²) in [6.07, 6.45) is 1.65. The van der Waals surface area contributed by atoms with Crippen molar-refractivity contribution in [2.24, 2.45) is 0 Å². The summed E-state index contributed by atoms with van der Waals surface area (Å²) < 4.78 is 17.4. The van der Waals surface area contributed by atoms with Gasteiger partial charge in [0.15, 0.2) is 6.17 Å². The second-order valence-corrected chi connectivity index (χ2v) is 2.72. The van der Waals surface area contributed by atoms with Gasteiger partial charge in [0.25, 0.3) is 0 Å². The van der Waals surface area contributed by atoms with Gasteiger partial charge in [-0.3, -0.25) is 0 Å². The average molecular weight is 176 g/mol. The van der Waals surface area contributed by atoms with E-state index in [0.717, 1.165) is 19.3 Å². The lowest BCUT2D eigenvalue weighted by molar-refractivity contribution is -0.149. The molecule has 0 aromatic heterocycles. The lowest BCUT2D eigenvalue weighted by Crippen LogP contribution is -2.18. The second-order valence-electron chi connectivity index (χ2n) is 2.72. The maximum absolute atomic E-state index is 12.8. The first-order chi connectivity index (χ1) is 5.72. The van der Waals surface area contributed by atoms with Gasteiger partial charge in [-0.2, -0.15) is 0 Å². The van der Waals surface area contributed by atoms with Crippen LogP contribution in [0.2, 0.25) is 0 Å². The first-order valence-electron chi connectivity index (χ1n) is 4.53. The minimum atomic E-state index is -1.42. The first-order valence-corrected chi connectivity index (χ1v) is 4.53. The van der Waals surface area contributed by atoms with E-state index in [9.17, 15) is 9.18 Å². The smallest absolute Gasteiger partial charge is 0.340 e. The van der Waals surface area contributed by atoms with E-state index in [2.05, 4.69) is 4.74 Å². The summed E-state index contributed by atoms with van der Waals surface area (Å²) in [5.41, 5.74) is 0. The highest BCUT2D eigenvalue weighted by Crippen LogP contribution is 2.07. The van der Waals surface area contributed by atoms with E-state index in [-0.39, 0.29) is 6.61 Å². The number of hydrogen-bond acceptors (Lipinski definition) is 2. The monoisotopic (exact) mass is 176 g/mol. The van der Waals surface area contributed by atoms with Crippen LogP contribution in [0.4, 0.5) is 4.39 Å². The number of carbonyl (C=O) groups excluding carboxylic acids is 1. The predicted molar refractivity (Wildman–Crippen MR) is 45.7 cm³/mol. The summed E-state index contributed by atoms with van der Waals surface area (Å²) in [7, 11) is 0. The molecular weight excluding hydrogens is 159 g/mol. The molecule has 0 aromatic rings. The van der Waals surface area contributed by atoms with Gasteiger partial charge in [-0.1, -0.05) is 19.8 Å². The van der Waals surface area contributed by atoms with E-state index < -0.39 is 12.1 Å². The molecule has 0 unspecified atom stereocenters. The summed E-state index contributed by atoms with van der Waals surface area (Å²) in [6.45, 7) is 3.97. The third-order valence-corrected chi connectivity index (χ3v) is 1.60. The minimum absolute atomic E-state index is 0.257. The number of esters is 1. The van der Waals surface area contributed by atoms with Crippen LogP contribution >= 0.6 is 0 Å². The van der Waals surface area contributed by atoms with Gasteiger partial charge < -0.3 is 4.74 Å². The van der Waals surface area contributed by atoms with Crippen molar-refractivity contribution in [2.45, 2.75) is 45.7 Å². The van der Waals surface area contributed by atoms with Crippen LogP contribution < -0.4 is 0 Å². The molecule has 0 heterocycles. The van der Waals surface area contributed by atoms with E-state index >= 15 is 0 Å². The molecule has 0 aliphatic rings. The lowest BCUT2D eigenvalue weighted by Gasteiger charge is -2.06. The third-order valence-electron chi connectivity index (χ3n) is 1.60. The zero-order valence-corrected chi connectivity index (χ0v) is 7.81. The fourth-order valence-corrected chi connectivity index (χ4v) is 0.924. The molecule has 0 spiro atoms. The Morgan fingerprint density at radius 2 is 2.08 bits per heavy atom. The van der Waals surface area contributed by atoms with Gasteiger partial charge in [-0.25, -0.2) is 9.18 Å². The largest absolute Gasteiger partial charge is 0.464 e. The van der Waals surface area contributed by atoms with Gasteiger partial charge in [0, 0.05) is 0 Å². The van der Waals surface area contributed by atoms with E-state index in [1.54, 1.807) is 6.92 Å². The zero-order valence-electron chi connectivity index (χ0n) is 7.81. The molecule has 0 rings (SSSR count). The van der Waals surface area contributed by atoms with Gasteiger partial charge in [0.2, 0.25) is 0 Å². The molecule has 0 fully saturated rings. The van der Waals surface area contributed by atoms with Crippen molar-refractivity contribution in [3.05, 3.63) is 0 Å². The summed E-state index contributed by atoms with van der Waals surface area (Å²) in [4.78, 5) is 10.7. The van der Waals surface area contributed by atoms with E-state index in [4.69, 9.17) is 0 Å². The average Bonchev–Trinajstić information content (AvgIpc) is 2.05. The molecule has 0 amide bonds.